The van der Waals surface area contributed by atoms with Crippen LogP contribution in [0.1, 0.15) is 5.56 Å². The van der Waals surface area contributed by atoms with Gasteiger partial charge in [0.2, 0.25) is 0 Å². The van der Waals surface area contributed by atoms with Crippen molar-refractivity contribution in [3.63, 3.8) is 0 Å². The molecule has 158 valence electrons. The Morgan fingerprint density at radius 3 is 2.87 bits per heavy atom. The van der Waals surface area contributed by atoms with Crippen LogP contribution in [-0.4, -0.2) is 41.3 Å². The molecule has 6 nitrogen and oxygen atoms in total. The zero-order chi connectivity index (χ0) is 21.5. The average Bonchev–Trinajstić information content (AvgIpc) is 3.18. The third-order valence-electron chi connectivity index (χ3n) is 5.30. The number of methoxy groups -OCH3 is 1. The van der Waals surface area contributed by atoms with E-state index in [1.165, 1.54) is 6.07 Å². The first-order valence-corrected chi connectivity index (χ1v) is 9.87. The Morgan fingerprint density at radius 2 is 2.10 bits per heavy atom. The van der Waals surface area contributed by atoms with Crippen LogP contribution in [0.15, 0.2) is 48.7 Å². The summed E-state index contributed by atoms with van der Waals surface area (Å²) in [6, 6.07) is 11.6. The highest BCUT2D eigenvalue weighted by Gasteiger charge is 2.32. The Kier molecular flexibility index (Phi) is 4.78. The summed E-state index contributed by atoms with van der Waals surface area (Å²) in [5.41, 5.74) is 2.89. The molecule has 3 heterocycles. The van der Waals surface area contributed by atoms with Gasteiger partial charge in [0.05, 0.1) is 29.4 Å². The molecule has 8 heteroatoms. The van der Waals surface area contributed by atoms with Crippen molar-refractivity contribution in [2.24, 2.45) is 0 Å². The van der Waals surface area contributed by atoms with Gasteiger partial charge in [-0.05, 0) is 36.8 Å². The first-order chi connectivity index (χ1) is 15.0. The predicted octanol–water partition coefficient (Wildman–Crippen LogP) is 4.76. The summed E-state index contributed by atoms with van der Waals surface area (Å²) in [5, 5.41) is 0. The number of anilines is 2. The third-order valence-corrected chi connectivity index (χ3v) is 5.30. The SMILES string of the molecule is COCC1COc2c(-c3nc4c(F)cc(F)cc4[nH]3)cccc2N1c1ccc(C)cn1. The molecule has 1 aliphatic heterocycles. The highest BCUT2D eigenvalue weighted by Crippen LogP contribution is 2.44. The smallest absolute Gasteiger partial charge is 0.154 e. The number of aryl methyl sites for hydroxylation is 1. The standard InChI is InChI=1S/C23H20F2N4O2/c1-13-6-7-20(26-10-13)29-15(11-30-2)12-31-22-16(4-3-5-19(22)29)23-27-18-9-14(24)8-17(25)21(18)28-23/h3-10,15H,11-12H2,1-2H3,(H,27,28). The lowest BCUT2D eigenvalue weighted by Gasteiger charge is -2.38. The molecule has 0 aliphatic carbocycles. The number of hydrogen-bond acceptors (Lipinski definition) is 5. The van der Waals surface area contributed by atoms with Crippen LogP contribution in [0.25, 0.3) is 22.4 Å². The molecule has 1 unspecified atom stereocenters. The highest BCUT2D eigenvalue weighted by atomic mass is 19.1. The molecule has 4 aromatic rings. The van der Waals surface area contributed by atoms with E-state index in [1.807, 2.05) is 43.5 Å². The van der Waals surface area contributed by atoms with Crippen molar-refractivity contribution in [3.8, 4) is 17.1 Å². The van der Waals surface area contributed by atoms with Crippen LogP contribution < -0.4 is 9.64 Å². The largest absolute Gasteiger partial charge is 0.488 e. The number of nitrogens with zero attached hydrogens (tertiary/aromatic N) is 3. The quantitative estimate of drug-likeness (QED) is 0.514. The van der Waals surface area contributed by atoms with Gasteiger partial charge < -0.3 is 19.4 Å². The Balaban J connectivity index is 1.65. The van der Waals surface area contributed by atoms with Gasteiger partial charge in [0.25, 0.3) is 0 Å². The fourth-order valence-electron chi connectivity index (χ4n) is 3.90. The van der Waals surface area contributed by atoms with E-state index in [0.29, 0.717) is 30.4 Å². The van der Waals surface area contributed by atoms with E-state index < -0.39 is 11.6 Å². The average molecular weight is 422 g/mol. The van der Waals surface area contributed by atoms with E-state index in [9.17, 15) is 8.78 Å². The molecule has 1 atom stereocenters. The highest BCUT2D eigenvalue weighted by molar-refractivity contribution is 5.85. The van der Waals surface area contributed by atoms with Gasteiger partial charge in [-0.15, -0.1) is 0 Å². The van der Waals surface area contributed by atoms with Crippen LogP contribution in [0.4, 0.5) is 20.3 Å². The molecule has 1 N–H and O–H groups in total. The second kappa shape index (κ2) is 7.63. The second-order valence-corrected chi connectivity index (χ2v) is 7.51. The van der Waals surface area contributed by atoms with Gasteiger partial charge in [-0.2, -0.15) is 0 Å². The predicted molar refractivity (Wildman–Crippen MR) is 114 cm³/mol. The van der Waals surface area contributed by atoms with Crippen molar-refractivity contribution in [2.75, 3.05) is 25.2 Å². The summed E-state index contributed by atoms with van der Waals surface area (Å²) in [4.78, 5) is 14.0. The van der Waals surface area contributed by atoms with Crippen molar-refractivity contribution < 1.29 is 18.3 Å². The number of benzene rings is 2. The van der Waals surface area contributed by atoms with Crippen molar-refractivity contribution in [3.05, 3.63) is 65.9 Å². The summed E-state index contributed by atoms with van der Waals surface area (Å²) in [6.45, 7) is 2.81. The normalized spacial score (nSPS) is 15.7. The van der Waals surface area contributed by atoms with E-state index in [2.05, 4.69) is 19.9 Å². The minimum absolute atomic E-state index is 0.0785. The van der Waals surface area contributed by atoms with Crippen LogP contribution in [0, 0.1) is 18.6 Å². The van der Waals surface area contributed by atoms with Gasteiger partial charge in [0.1, 0.15) is 29.6 Å². The molecule has 5 rings (SSSR count). The number of H-pyrrole nitrogens is 1. The van der Waals surface area contributed by atoms with Crippen molar-refractivity contribution in [1.82, 2.24) is 15.0 Å². The summed E-state index contributed by atoms with van der Waals surface area (Å²) in [6.07, 6.45) is 1.81. The Labute approximate surface area is 177 Å². The molecule has 0 radical (unpaired) electrons. The molecular weight excluding hydrogens is 402 g/mol. The van der Waals surface area contributed by atoms with Crippen LogP contribution in [0.2, 0.25) is 0 Å². The number of fused-ring (bicyclic) bond motifs is 2. The lowest BCUT2D eigenvalue weighted by atomic mass is 10.1. The van der Waals surface area contributed by atoms with Gasteiger partial charge in [-0.3, -0.25) is 0 Å². The summed E-state index contributed by atoms with van der Waals surface area (Å²) in [5.74, 6) is 0.391. The molecule has 1 aliphatic rings. The lowest BCUT2D eigenvalue weighted by Crippen LogP contribution is -2.43. The van der Waals surface area contributed by atoms with E-state index in [-0.39, 0.29) is 17.1 Å². The zero-order valence-electron chi connectivity index (χ0n) is 17.0. The van der Waals surface area contributed by atoms with Crippen molar-refractivity contribution in [2.45, 2.75) is 13.0 Å². The number of aromatic amines is 1. The van der Waals surface area contributed by atoms with Crippen LogP contribution >= 0.6 is 0 Å². The first kappa shape index (κ1) is 19.4. The number of rotatable bonds is 4. The fraction of sp³-hybridized carbons (Fsp3) is 0.217. The number of para-hydroxylation sites is 1. The van der Waals surface area contributed by atoms with Gasteiger partial charge in [-0.1, -0.05) is 12.1 Å². The topological polar surface area (TPSA) is 63.3 Å². The van der Waals surface area contributed by atoms with Crippen LogP contribution in [-0.2, 0) is 4.74 Å². The molecule has 0 fully saturated rings. The van der Waals surface area contributed by atoms with Crippen molar-refractivity contribution >= 4 is 22.5 Å². The number of nitrogens with one attached hydrogen (secondary N) is 1. The van der Waals surface area contributed by atoms with E-state index in [0.717, 1.165) is 23.1 Å². The number of hydrogen-bond donors (Lipinski definition) is 1. The number of pyridine rings is 1. The second-order valence-electron chi connectivity index (χ2n) is 7.51. The maximum absolute atomic E-state index is 14.2. The fourth-order valence-corrected chi connectivity index (χ4v) is 3.90. The number of halogens is 2. The van der Waals surface area contributed by atoms with Gasteiger partial charge >= 0.3 is 0 Å². The maximum atomic E-state index is 14.2. The first-order valence-electron chi connectivity index (χ1n) is 9.87. The molecule has 31 heavy (non-hydrogen) atoms. The van der Waals surface area contributed by atoms with E-state index >= 15 is 0 Å². The molecule has 0 spiro atoms. The minimum atomic E-state index is -0.714. The summed E-state index contributed by atoms with van der Waals surface area (Å²) >= 11 is 0. The van der Waals surface area contributed by atoms with E-state index in [4.69, 9.17) is 9.47 Å². The Hall–Kier alpha value is -3.52. The molecule has 0 saturated carbocycles. The molecule has 0 saturated heterocycles. The van der Waals surface area contributed by atoms with Gasteiger partial charge in [0.15, 0.2) is 11.6 Å². The number of imidazole rings is 1. The Bertz CT molecular complexity index is 1260. The lowest BCUT2D eigenvalue weighted by molar-refractivity contribution is 0.146. The third kappa shape index (κ3) is 3.38. The maximum Gasteiger partial charge on any atom is 0.154 e. The van der Waals surface area contributed by atoms with Crippen molar-refractivity contribution in [1.29, 1.82) is 0 Å². The van der Waals surface area contributed by atoms with E-state index in [1.54, 1.807) is 7.11 Å². The van der Waals surface area contributed by atoms with Gasteiger partial charge in [0, 0.05) is 19.4 Å². The molecular formula is C23H20F2N4O2. The van der Waals surface area contributed by atoms with Crippen LogP contribution in [0.5, 0.6) is 5.75 Å². The number of aromatic nitrogens is 3. The monoisotopic (exact) mass is 422 g/mol. The minimum Gasteiger partial charge on any atom is -0.488 e. The Morgan fingerprint density at radius 1 is 1.23 bits per heavy atom. The van der Waals surface area contributed by atoms with Crippen LogP contribution in [0.3, 0.4) is 0 Å². The number of ether oxygens (including phenoxy) is 2. The zero-order valence-corrected chi connectivity index (χ0v) is 17.0. The molecule has 0 amide bonds. The summed E-state index contributed by atoms with van der Waals surface area (Å²) < 4.78 is 39.3. The van der Waals surface area contributed by atoms with Gasteiger partial charge in [-0.25, -0.2) is 18.7 Å². The summed E-state index contributed by atoms with van der Waals surface area (Å²) in [7, 11) is 1.65. The molecule has 0 bridgehead atoms. The molecule has 2 aromatic heterocycles. The molecule has 2 aromatic carbocycles.